The van der Waals surface area contributed by atoms with Gasteiger partial charge in [-0.1, -0.05) is 46.2 Å². The first kappa shape index (κ1) is 15.4. The number of hydrogen-bond acceptors (Lipinski definition) is 5. The molecule has 0 radical (unpaired) electrons. The fourth-order valence-corrected chi connectivity index (χ4v) is 3.59. The number of carbonyl (C=O) groups excluding carboxylic acids is 2. The summed E-state index contributed by atoms with van der Waals surface area (Å²) in [5.41, 5.74) is 0.888. The number of halogens is 2. The normalized spacial score (nSPS) is 14.7. The fourth-order valence-electron chi connectivity index (χ4n) is 2.23. The minimum Gasteiger partial charge on any atom is -0.360 e. The summed E-state index contributed by atoms with van der Waals surface area (Å²) in [6.45, 7) is 1.98. The molecule has 0 spiro atoms. The lowest BCUT2D eigenvalue weighted by Gasteiger charge is -2.13. The van der Waals surface area contributed by atoms with E-state index in [4.69, 9.17) is 27.7 Å². The summed E-state index contributed by atoms with van der Waals surface area (Å²) in [5, 5.41) is 4.36. The van der Waals surface area contributed by atoms with Crippen molar-refractivity contribution in [1.29, 1.82) is 0 Å². The van der Waals surface area contributed by atoms with Gasteiger partial charge < -0.3 is 4.52 Å². The first-order chi connectivity index (χ1) is 10.5. The Labute approximate surface area is 140 Å². The third-order valence-corrected chi connectivity index (χ3v) is 4.77. The Morgan fingerprint density at radius 3 is 2.64 bits per heavy atom. The lowest BCUT2D eigenvalue weighted by molar-refractivity contribution is 0.0832. The number of benzene rings is 1. The number of carbonyl (C=O) groups is 2. The fraction of sp³-hybridized carbons (Fsp3) is 0.214. The van der Waals surface area contributed by atoms with Crippen molar-refractivity contribution in [2.24, 2.45) is 0 Å². The van der Waals surface area contributed by atoms with Gasteiger partial charge in [-0.2, -0.15) is 0 Å². The summed E-state index contributed by atoms with van der Waals surface area (Å²) in [6, 6.07) is 5.00. The largest absolute Gasteiger partial charge is 0.360 e. The molecule has 1 aromatic heterocycles. The topological polar surface area (TPSA) is 63.4 Å². The molecule has 8 heteroatoms. The van der Waals surface area contributed by atoms with E-state index in [1.54, 1.807) is 25.1 Å². The number of nitrogens with zero attached hydrogens (tertiary/aromatic N) is 2. The van der Waals surface area contributed by atoms with E-state index in [0.29, 0.717) is 33.7 Å². The molecule has 1 aromatic carbocycles. The molecule has 0 atom stereocenters. The van der Waals surface area contributed by atoms with Crippen molar-refractivity contribution in [2.75, 3.05) is 12.3 Å². The maximum Gasteiger partial charge on any atom is 0.288 e. The smallest absolute Gasteiger partial charge is 0.288 e. The van der Waals surface area contributed by atoms with E-state index in [0.717, 1.165) is 11.8 Å². The molecule has 114 valence electrons. The van der Waals surface area contributed by atoms with Gasteiger partial charge in [-0.3, -0.25) is 14.5 Å². The molecule has 0 bridgehead atoms. The van der Waals surface area contributed by atoms with Gasteiger partial charge in [0.05, 0.1) is 10.0 Å². The first-order valence-corrected chi connectivity index (χ1v) is 8.14. The molecule has 22 heavy (non-hydrogen) atoms. The number of rotatable bonds is 2. The second-order valence-corrected chi connectivity index (χ2v) is 6.49. The maximum absolute atomic E-state index is 12.7. The lowest BCUT2D eigenvalue weighted by Crippen LogP contribution is -2.31. The summed E-state index contributed by atoms with van der Waals surface area (Å²) in [4.78, 5) is 25.6. The number of imide groups is 1. The maximum atomic E-state index is 12.7. The number of hydrogen-bond donors (Lipinski definition) is 0. The van der Waals surface area contributed by atoms with Crippen molar-refractivity contribution in [2.45, 2.75) is 6.92 Å². The van der Waals surface area contributed by atoms with Crippen LogP contribution in [0, 0.1) is 6.92 Å². The van der Waals surface area contributed by atoms with Gasteiger partial charge in [0.1, 0.15) is 17.0 Å². The molecule has 5 nitrogen and oxygen atoms in total. The van der Waals surface area contributed by atoms with Crippen LogP contribution >= 0.6 is 35.0 Å². The van der Waals surface area contributed by atoms with Gasteiger partial charge in [0.15, 0.2) is 0 Å². The highest BCUT2D eigenvalue weighted by atomic mass is 35.5. The van der Waals surface area contributed by atoms with Crippen LogP contribution in [0.15, 0.2) is 22.7 Å². The van der Waals surface area contributed by atoms with Crippen molar-refractivity contribution < 1.29 is 14.1 Å². The zero-order chi connectivity index (χ0) is 15.9. The van der Waals surface area contributed by atoms with E-state index in [9.17, 15) is 9.59 Å². The minimum absolute atomic E-state index is 0.214. The SMILES string of the molecule is Cc1onc(-c2c(Cl)cccc2Cl)c1C(=O)N1CCSC1=O. The van der Waals surface area contributed by atoms with E-state index in [1.807, 2.05) is 0 Å². The van der Waals surface area contributed by atoms with Crippen LogP contribution in [0.1, 0.15) is 16.1 Å². The molecule has 2 aromatic rings. The first-order valence-electron chi connectivity index (χ1n) is 6.40. The predicted octanol–water partition coefficient (Wildman–Crippen LogP) is 4.27. The Bertz CT molecular complexity index is 755. The summed E-state index contributed by atoms with van der Waals surface area (Å²) in [7, 11) is 0. The highest BCUT2D eigenvalue weighted by molar-refractivity contribution is 8.13. The lowest BCUT2D eigenvalue weighted by atomic mass is 10.0. The Morgan fingerprint density at radius 2 is 2.05 bits per heavy atom. The van der Waals surface area contributed by atoms with Gasteiger partial charge in [-0.15, -0.1) is 0 Å². The molecule has 0 saturated carbocycles. The van der Waals surface area contributed by atoms with Crippen molar-refractivity contribution in [3.05, 3.63) is 39.6 Å². The average Bonchev–Trinajstić information content (AvgIpc) is 3.05. The Balaban J connectivity index is 2.12. The summed E-state index contributed by atoms with van der Waals surface area (Å²) >= 11 is 13.5. The molecule has 1 aliphatic rings. The summed E-state index contributed by atoms with van der Waals surface area (Å²) < 4.78 is 5.14. The van der Waals surface area contributed by atoms with E-state index >= 15 is 0 Å². The van der Waals surface area contributed by atoms with Crippen LogP contribution in [-0.4, -0.2) is 33.5 Å². The predicted molar refractivity (Wildman–Crippen MR) is 85.6 cm³/mol. The molecule has 1 saturated heterocycles. The molecule has 0 unspecified atom stereocenters. The molecule has 1 fully saturated rings. The average molecular weight is 357 g/mol. The Hall–Kier alpha value is -1.50. The Morgan fingerprint density at radius 1 is 1.36 bits per heavy atom. The van der Waals surface area contributed by atoms with Crippen molar-refractivity contribution >= 4 is 46.1 Å². The van der Waals surface area contributed by atoms with Crippen LogP contribution in [0.4, 0.5) is 4.79 Å². The standard InChI is InChI=1S/C14H10Cl2N2O3S/c1-7-10(13(19)18-5-6-22-14(18)20)12(17-21-7)11-8(15)3-2-4-9(11)16/h2-4H,5-6H2,1H3. The third-order valence-electron chi connectivity index (χ3n) is 3.28. The van der Waals surface area contributed by atoms with Crippen molar-refractivity contribution in [1.82, 2.24) is 10.1 Å². The Kier molecular flexibility index (Phi) is 4.16. The van der Waals surface area contributed by atoms with Crippen molar-refractivity contribution in [3.8, 4) is 11.3 Å². The van der Waals surface area contributed by atoms with Gasteiger partial charge in [0.25, 0.3) is 11.1 Å². The molecule has 0 N–H and O–H groups in total. The highest BCUT2D eigenvalue weighted by Crippen LogP contribution is 2.37. The zero-order valence-corrected chi connectivity index (χ0v) is 13.8. The van der Waals surface area contributed by atoms with Gasteiger partial charge in [0.2, 0.25) is 0 Å². The van der Waals surface area contributed by atoms with E-state index < -0.39 is 5.91 Å². The van der Waals surface area contributed by atoms with Crippen LogP contribution in [0.2, 0.25) is 10.0 Å². The van der Waals surface area contributed by atoms with E-state index in [-0.39, 0.29) is 16.5 Å². The van der Waals surface area contributed by atoms with Gasteiger partial charge in [-0.05, 0) is 19.1 Å². The van der Waals surface area contributed by atoms with Crippen LogP contribution < -0.4 is 0 Å². The molecule has 2 heterocycles. The quantitative estimate of drug-likeness (QED) is 0.803. The second kappa shape index (κ2) is 5.95. The van der Waals surface area contributed by atoms with Crippen LogP contribution in [0.25, 0.3) is 11.3 Å². The summed E-state index contributed by atoms with van der Waals surface area (Å²) in [6.07, 6.45) is 0. The molecular formula is C14H10Cl2N2O3S. The van der Waals surface area contributed by atoms with Crippen LogP contribution in [0.3, 0.4) is 0 Å². The molecule has 2 amide bonds. The third kappa shape index (κ3) is 2.51. The van der Waals surface area contributed by atoms with Gasteiger partial charge in [-0.25, -0.2) is 0 Å². The number of aromatic nitrogens is 1. The minimum atomic E-state index is -0.445. The number of amides is 2. The van der Waals surface area contributed by atoms with Crippen LogP contribution in [0.5, 0.6) is 0 Å². The number of thioether (sulfide) groups is 1. The molecule has 1 aliphatic heterocycles. The second-order valence-electron chi connectivity index (χ2n) is 4.63. The van der Waals surface area contributed by atoms with Crippen molar-refractivity contribution in [3.63, 3.8) is 0 Å². The molecule has 3 rings (SSSR count). The highest BCUT2D eigenvalue weighted by Gasteiger charge is 2.33. The van der Waals surface area contributed by atoms with E-state index in [1.165, 1.54) is 4.90 Å². The van der Waals surface area contributed by atoms with Gasteiger partial charge in [0, 0.05) is 17.9 Å². The molecule has 0 aliphatic carbocycles. The van der Waals surface area contributed by atoms with Crippen LogP contribution in [-0.2, 0) is 0 Å². The zero-order valence-electron chi connectivity index (χ0n) is 11.4. The summed E-state index contributed by atoms with van der Waals surface area (Å²) in [5.74, 6) is 0.456. The van der Waals surface area contributed by atoms with Gasteiger partial charge >= 0.3 is 0 Å². The monoisotopic (exact) mass is 356 g/mol. The van der Waals surface area contributed by atoms with E-state index in [2.05, 4.69) is 5.16 Å². The molecular weight excluding hydrogens is 347 g/mol. The number of aryl methyl sites for hydroxylation is 1.